The number of hydrogen-bond acceptors (Lipinski definition) is 5. The molecule has 2 aromatic heterocycles. The van der Waals surface area contributed by atoms with E-state index in [1.54, 1.807) is 0 Å². The van der Waals surface area contributed by atoms with Crippen molar-refractivity contribution >= 4 is 89.5 Å². The first-order chi connectivity index (χ1) is 60.9. The van der Waals surface area contributed by atoms with E-state index in [9.17, 15) is 0 Å². The third-order valence-corrected chi connectivity index (χ3v) is 23.8. The summed E-state index contributed by atoms with van der Waals surface area (Å²) in [6.07, 6.45) is 6.77. The van der Waals surface area contributed by atoms with Crippen molar-refractivity contribution in [2.75, 3.05) is 21.2 Å². The molecule has 0 amide bonds. The van der Waals surface area contributed by atoms with Crippen molar-refractivity contribution in [1.29, 1.82) is 0 Å². The minimum atomic E-state index is 0.620. The summed E-state index contributed by atoms with van der Waals surface area (Å²) < 4.78 is 2.42. The van der Waals surface area contributed by atoms with E-state index in [1.807, 2.05) is 24.3 Å². The predicted octanol–water partition coefficient (Wildman–Crippen LogP) is 31.5. The highest BCUT2D eigenvalue weighted by Gasteiger charge is 2.24. The van der Waals surface area contributed by atoms with Crippen molar-refractivity contribution in [1.82, 2.24) is 14.5 Å². The van der Waals surface area contributed by atoms with Crippen LogP contribution < -0.4 is 14.7 Å². The Morgan fingerprint density at radius 1 is 0.244 bits per heavy atom. The van der Waals surface area contributed by atoms with Gasteiger partial charge in [0.15, 0.2) is 0 Å². The Morgan fingerprint density at radius 2 is 0.528 bits per heavy atom. The molecule has 0 bridgehead atoms. The van der Waals surface area contributed by atoms with Gasteiger partial charge >= 0.3 is 0 Å². The number of rotatable bonds is 18. The Labute approximate surface area is 717 Å². The zero-order valence-corrected chi connectivity index (χ0v) is 67.6. The standard InChI is InChI=1S/C117H82N6/c1-81-77-96(90-46-38-86(39-47-90)82-23-8-2-9-24-82)31-22-76-120(113-73-58-97(78-108(81)113)91-48-40-87(41-49-91)83-25-10-3-11-26-83)100-65-67-105(68-66-100)121(101-32-16-6-17-33-101)103-61-54-94(55-62-103)116-117(119-112-37-21-20-36-111(112)118-116)95-56-63-104(64-57-95)122(102-34-18-7-19-35-102)106-69-71-107(72-70-106)123-114-74-59-98(92-50-42-88(43-51-92)84-27-12-4-13-28-84)79-109(114)110-80-99(60-75-115(110)123)93-52-44-89(45-53-93)85-29-14-5-15-30-85/h2-75,77-80H,1,76H2/b31-22-,96-77+. The van der Waals surface area contributed by atoms with Gasteiger partial charge in [-0.05, 0) is 246 Å². The number of allylic oxidation sites excluding steroid dienone is 4. The first-order valence-corrected chi connectivity index (χ1v) is 42.0. The Balaban J connectivity index is 0.589. The average Bonchev–Trinajstić information content (AvgIpc) is 1.69. The van der Waals surface area contributed by atoms with Crippen LogP contribution in [0.1, 0.15) is 11.1 Å². The summed E-state index contributed by atoms with van der Waals surface area (Å²) in [4.78, 5) is 18.0. The molecule has 0 N–H and O–H groups in total. The van der Waals surface area contributed by atoms with E-state index in [1.165, 1.54) is 77.5 Å². The topological polar surface area (TPSA) is 40.4 Å². The van der Waals surface area contributed by atoms with E-state index in [-0.39, 0.29) is 0 Å². The monoisotopic (exact) mass is 1570 g/mol. The van der Waals surface area contributed by atoms with Gasteiger partial charge in [-0.15, -0.1) is 0 Å². The summed E-state index contributed by atoms with van der Waals surface area (Å²) in [7, 11) is 0. The Bertz CT molecular complexity index is 7140. The molecule has 21 rings (SSSR count). The lowest BCUT2D eigenvalue weighted by molar-refractivity contribution is 1.09. The van der Waals surface area contributed by atoms with Crippen LogP contribution in [-0.2, 0) is 0 Å². The molecule has 0 unspecified atom stereocenters. The maximum Gasteiger partial charge on any atom is 0.0973 e. The van der Waals surface area contributed by atoms with Gasteiger partial charge in [-0.25, -0.2) is 9.97 Å². The number of para-hydroxylation sites is 4. The number of aromatic nitrogens is 3. The van der Waals surface area contributed by atoms with Gasteiger partial charge in [0, 0.05) is 85.2 Å². The van der Waals surface area contributed by atoms with Gasteiger partial charge in [-0.1, -0.05) is 328 Å². The van der Waals surface area contributed by atoms with Crippen LogP contribution in [0.4, 0.5) is 45.5 Å². The fraction of sp³-hybridized carbons (Fsp3) is 0.00855. The molecule has 0 aliphatic carbocycles. The lowest BCUT2D eigenvalue weighted by Gasteiger charge is -2.29. The number of benzene rings is 18. The van der Waals surface area contributed by atoms with E-state index in [0.717, 1.165) is 129 Å². The molecule has 0 saturated carbocycles. The molecule has 18 aromatic carbocycles. The van der Waals surface area contributed by atoms with Crippen LogP contribution >= 0.6 is 0 Å². The second-order valence-electron chi connectivity index (χ2n) is 31.3. The predicted molar refractivity (Wildman–Crippen MR) is 518 cm³/mol. The molecule has 0 spiro atoms. The minimum Gasteiger partial charge on any atom is -0.337 e. The first-order valence-electron chi connectivity index (χ1n) is 42.0. The molecule has 580 valence electrons. The van der Waals surface area contributed by atoms with Crippen molar-refractivity contribution in [2.24, 2.45) is 0 Å². The Hall–Kier alpha value is -16.3. The molecular formula is C117H82N6. The van der Waals surface area contributed by atoms with Gasteiger partial charge in [-0.2, -0.15) is 0 Å². The molecule has 3 heterocycles. The lowest BCUT2D eigenvalue weighted by atomic mass is 9.94. The van der Waals surface area contributed by atoms with Crippen LogP contribution in [-0.4, -0.2) is 21.1 Å². The SMILES string of the molecule is C=C1/C=C(c2ccc(-c3ccccc3)cc2)\C=C/CN(c2ccc(N(c3ccccc3)c3ccc(-c4nc5ccccc5nc4-c4ccc(N(c5ccccc5)c5ccc(-n6c7ccc(-c8ccc(-c9ccccc9)cc8)cc7c7cc(-c8ccc(-c9ccccc9)cc8)ccc76)cc5)cc4)cc3)cc2)c2ccc(-c3ccc(-c4ccccc4)cc3)cc21. The van der Waals surface area contributed by atoms with Crippen molar-refractivity contribution in [3.63, 3.8) is 0 Å². The largest absolute Gasteiger partial charge is 0.337 e. The van der Waals surface area contributed by atoms with E-state index < -0.39 is 0 Å². The van der Waals surface area contributed by atoms with Crippen LogP contribution in [0, 0.1) is 0 Å². The molecule has 20 aromatic rings. The summed E-state index contributed by atoms with van der Waals surface area (Å²) in [5, 5.41) is 2.38. The van der Waals surface area contributed by atoms with E-state index in [2.05, 4.69) is 468 Å². The smallest absolute Gasteiger partial charge is 0.0973 e. The van der Waals surface area contributed by atoms with Gasteiger partial charge in [0.05, 0.1) is 33.5 Å². The van der Waals surface area contributed by atoms with Crippen LogP contribution in [0.3, 0.4) is 0 Å². The normalized spacial score (nSPS) is 12.7. The van der Waals surface area contributed by atoms with Crippen LogP contribution in [0.25, 0.3) is 150 Å². The molecular weight excluding hydrogens is 1490 g/mol. The third-order valence-electron chi connectivity index (χ3n) is 23.8. The van der Waals surface area contributed by atoms with Crippen molar-refractivity contribution < 1.29 is 0 Å². The molecule has 6 heteroatoms. The summed E-state index contributed by atoms with van der Waals surface area (Å²) in [5.74, 6) is 0. The Morgan fingerprint density at radius 3 is 0.911 bits per heavy atom. The second-order valence-corrected chi connectivity index (χ2v) is 31.3. The van der Waals surface area contributed by atoms with E-state index in [4.69, 9.17) is 16.5 Å². The van der Waals surface area contributed by atoms with Crippen LogP contribution in [0.2, 0.25) is 0 Å². The number of hydrogen-bond donors (Lipinski definition) is 0. The average molecular weight is 1570 g/mol. The maximum atomic E-state index is 5.45. The fourth-order valence-electron chi connectivity index (χ4n) is 17.5. The van der Waals surface area contributed by atoms with Crippen molar-refractivity contribution in [3.05, 3.63) is 491 Å². The quantitative estimate of drug-likeness (QED) is 0.0856. The third kappa shape index (κ3) is 15.0. The van der Waals surface area contributed by atoms with Crippen molar-refractivity contribution in [2.45, 2.75) is 0 Å². The zero-order chi connectivity index (χ0) is 81.9. The van der Waals surface area contributed by atoms with Gasteiger partial charge in [0.1, 0.15) is 0 Å². The summed E-state index contributed by atoms with van der Waals surface area (Å²) in [5.41, 5.74) is 37.4. The second kappa shape index (κ2) is 32.9. The molecule has 1 aliphatic heterocycles. The molecule has 0 radical (unpaired) electrons. The van der Waals surface area contributed by atoms with Gasteiger partial charge in [-0.3, -0.25) is 0 Å². The lowest BCUT2D eigenvalue weighted by Crippen LogP contribution is -2.18. The molecule has 0 atom stereocenters. The fourth-order valence-corrected chi connectivity index (χ4v) is 17.5. The molecule has 123 heavy (non-hydrogen) atoms. The molecule has 0 saturated heterocycles. The first kappa shape index (κ1) is 74.3. The zero-order valence-electron chi connectivity index (χ0n) is 67.6. The highest BCUT2D eigenvalue weighted by molar-refractivity contribution is 6.12. The van der Waals surface area contributed by atoms with Crippen LogP contribution in [0.5, 0.6) is 0 Å². The highest BCUT2D eigenvalue weighted by atomic mass is 15.2. The summed E-state index contributed by atoms with van der Waals surface area (Å²) >= 11 is 0. The van der Waals surface area contributed by atoms with Crippen molar-refractivity contribution in [3.8, 4) is 106 Å². The number of fused-ring (bicyclic) bond motifs is 5. The number of anilines is 8. The van der Waals surface area contributed by atoms with Gasteiger partial charge in [0.25, 0.3) is 0 Å². The summed E-state index contributed by atoms with van der Waals surface area (Å²) in [6, 6.07) is 164. The van der Waals surface area contributed by atoms with Gasteiger partial charge < -0.3 is 19.3 Å². The molecule has 6 nitrogen and oxygen atoms in total. The molecule has 0 fully saturated rings. The summed E-state index contributed by atoms with van der Waals surface area (Å²) in [6.45, 7) is 5.46. The highest BCUT2D eigenvalue weighted by Crippen LogP contribution is 2.46. The van der Waals surface area contributed by atoms with Crippen LogP contribution in [0.15, 0.2) is 480 Å². The van der Waals surface area contributed by atoms with Gasteiger partial charge in [0.2, 0.25) is 0 Å². The Kier molecular flexibility index (Phi) is 19.9. The van der Waals surface area contributed by atoms with E-state index >= 15 is 0 Å². The number of nitrogens with zero attached hydrogens (tertiary/aromatic N) is 6. The maximum absolute atomic E-state index is 5.45. The van der Waals surface area contributed by atoms with E-state index in [0.29, 0.717) is 6.54 Å². The molecule has 1 aliphatic rings. The minimum absolute atomic E-state index is 0.620.